The first-order chi connectivity index (χ1) is 17.1. The van der Waals surface area contributed by atoms with Crippen molar-refractivity contribution in [2.45, 2.75) is 31.9 Å². The SMILES string of the molecule is CC(C)(C)c1cc(-c2nccc3c2sc2c4cc(CS(C)(C)C)ccc4ccc32)cc2ccccc12. The summed E-state index contributed by atoms with van der Waals surface area (Å²) in [5.41, 5.74) is 5.16. The highest BCUT2D eigenvalue weighted by molar-refractivity contribution is 8.31. The molecule has 36 heavy (non-hydrogen) atoms. The van der Waals surface area contributed by atoms with Gasteiger partial charge in [0.2, 0.25) is 0 Å². The molecule has 0 aliphatic rings. The van der Waals surface area contributed by atoms with Gasteiger partial charge in [0.05, 0.1) is 10.4 Å². The minimum absolute atomic E-state index is 0.0469. The van der Waals surface area contributed by atoms with Gasteiger partial charge < -0.3 is 0 Å². The van der Waals surface area contributed by atoms with E-state index < -0.39 is 10.0 Å². The average Bonchev–Trinajstić information content (AvgIpc) is 3.21. The summed E-state index contributed by atoms with van der Waals surface area (Å²) in [6.45, 7) is 6.90. The van der Waals surface area contributed by atoms with E-state index in [2.05, 4.69) is 112 Å². The second kappa shape index (κ2) is 8.33. The fourth-order valence-electron chi connectivity index (χ4n) is 5.39. The van der Waals surface area contributed by atoms with Gasteiger partial charge in [-0.1, -0.05) is 69.3 Å². The standard InChI is InChI=1S/C33H33NS2/c1-33(2,3)29-19-24(18-23-9-7-8-10-25(23)29)30-32-27(15-16-34-30)26-14-13-22-12-11-21(20-36(4,5)6)17-28(22)31(26)35-32/h7-19H,20H2,1-6H3. The number of hydrogen-bond donors (Lipinski definition) is 0. The fourth-order valence-corrected chi connectivity index (χ4v) is 7.90. The van der Waals surface area contributed by atoms with E-state index in [9.17, 15) is 0 Å². The van der Waals surface area contributed by atoms with Gasteiger partial charge in [0.25, 0.3) is 0 Å². The lowest BCUT2D eigenvalue weighted by atomic mass is 9.82. The number of rotatable bonds is 3. The average molecular weight is 508 g/mol. The first-order valence-corrected chi connectivity index (χ1v) is 16.4. The van der Waals surface area contributed by atoms with Crippen molar-refractivity contribution in [1.29, 1.82) is 0 Å². The van der Waals surface area contributed by atoms with E-state index in [-0.39, 0.29) is 5.41 Å². The maximum Gasteiger partial charge on any atom is 0.0880 e. The summed E-state index contributed by atoms with van der Waals surface area (Å²) in [6, 6.07) is 27.3. The molecule has 0 amide bonds. The van der Waals surface area contributed by atoms with Crippen LogP contribution in [0.3, 0.4) is 0 Å². The molecular weight excluding hydrogens is 475 g/mol. The number of pyridine rings is 1. The molecule has 182 valence electrons. The van der Waals surface area contributed by atoms with Crippen LogP contribution in [-0.4, -0.2) is 23.8 Å². The Morgan fingerprint density at radius 1 is 0.722 bits per heavy atom. The summed E-state index contributed by atoms with van der Waals surface area (Å²) in [6.07, 6.45) is 9.17. The second-order valence-electron chi connectivity index (χ2n) is 11.9. The molecule has 1 nitrogen and oxygen atoms in total. The summed E-state index contributed by atoms with van der Waals surface area (Å²) in [4.78, 5) is 4.96. The molecule has 0 N–H and O–H groups in total. The van der Waals surface area contributed by atoms with Gasteiger partial charge in [0.15, 0.2) is 0 Å². The molecule has 6 aromatic rings. The molecule has 0 saturated carbocycles. The van der Waals surface area contributed by atoms with Crippen LogP contribution in [-0.2, 0) is 11.2 Å². The third kappa shape index (κ3) is 4.09. The van der Waals surface area contributed by atoms with Gasteiger partial charge in [0, 0.05) is 33.0 Å². The Kier molecular flexibility index (Phi) is 5.44. The first kappa shape index (κ1) is 23.5. The van der Waals surface area contributed by atoms with Gasteiger partial charge in [-0.3, -0.25) is 4.98 Å². The van der Waals surface area contributed by atoms with Crippen molar-refractivity contribution in [2.24, 2.45) is 0 Å². The lowest BCUT2D eigenvalue weighted by Crippen LogP contribution is -2.12. The Hall–Kier alpha value is -2.88. The summed E-state index contributed by atoms with van der Waals surface area (Å²) < 4.78 is 2.65. The Morgan fingerprint density at radius 3 is 2.25 bits per heavy atom. The molecular formula is C33H33NS2. The van der Waals surface area contributed by atoms with Crippen molar-refractivity contribution in [2.75, 3.05) is 18.8 Å². The Balaban J connectivity index is 1.62. The van der Waals surface area contributed by atoms with E-state index in [0.29, 0.717) is 0 Å². The Labute approximate surface area is 219 Å². The number of benzene rings is 4. The molecule has 2 heterocycles. The second-order valence-corrected chi connectivity index (χ2v) is 17.4. The highest BCUT2D eigenvalue weighted by Crippen LogP contribution is 2.45. The molecule has 0 aliphatic heterocycles. The predicted octanol–water partition coefficient (Wildman–Crippen LogP) is 9.91. The van der Waals surface area contributed by atoms with Crippen molar-refractivity contribution < 1.29 is 0 Å². The molecule has 0 fully saturated rings. The zero-order valence-corrected chi connectivity index (χ0v) is 23.6. The molecule has 4 aromatic carbocycles. The summed E-state index contributed by atoms with van der Waals surface area (Å²) in [5.74, 6) is 1.16. The van der Waals surface area contributed by atoms with Crippen LogP contribution in [0.2, 0.25) is 0 Å². The molecule has 0 unspecified atom stereocenters. The minimum Gasteiger partial charge on any atom is -0.255 e. The maximum atomic E-state index is 4.96. The van der Waals surface area contributed by atoms with Crippen molar-refractivity contribution in [3.63, 3.8) is 0 Å². The highest BCUT2D eigenvalue weighted by atomic mass is 32.3. The molecule has 0 bridgehead atoms. The fraction of sp³-hybridized carbons (Fsp3) is 0.242. The predicted molar refractivity (Wildman–Crippen MR) is 165 cm³/mol. The number of thiophene rings is 1. The lowest BCUT2D eigenvalue weighted by Gasteiger charge is -2.25. The van der Waals surface area contributed by atoms with Crippen molar-refractivity contribution >= 4 is 63.1 Å². The van der Waals surface area contributed by atoms with E-state index in [0.717, 1.165) is 11.4 Å². The third-order valence-corrected chi connectivity index (χ3v) is 9.44. The van der Waals surface area contributed by atoms with Crippen LogP contribution in [0, 0.1) is 0 Å². The third-order valence-electron chi connectivity index (χ3n) is 6.98. The van der Waals surface area contributed by atoms with Crippen LogP contribution in [0.4, 0.5) is 0 Å². The Bertz CT molecular complexity index is 1780. The number of fused-ring (bicyclic) bond motifs is 6. The first-order valence-electron chi connectivity index (χ1n) is 12.5. The van der Waals surface area contributed by atoms with E-state index in [1.807, 2.05) is 17.5 Å². The van der Waals surface area contributed by atoms with E-state index >= 15 is 0 Å². The van der Waals surface area contributed by atoms with E-state index in [1.54, 1.807) is 0 Å². The zero-order valence-electron chi connectivity index (χ0n) is 22.0. The quantitative estimate of drug-likeness (QED) is 0.232. The van der Waals surface area contributed by atoms with Crippen LogP contribution < -0.4 is 0 Å². The highest BCUT2D eigenvalue weighted by Gasteiger charge is 2.20. The van der Waals surface area contributed by atoms with Crippen LogP contribution in [0.25, 0.3) is 53.0 Å². The largest absolute Gasteiger partial charge is 0.255 e. The smallest absolute Gasteiger partial charge is 0.0880 e. The van der Waals surface area contributed by atoms with Gasteiger partial charge in [0.1, 0.15) is 0 Å². The number of hydrogen-bond acceptors (Lipinski definition) is 2. The number of nitrogens with zero attached hydrogens (tertiary/aromatic N) is 1. The molecule has 0 atom stereocenters. The summed E-state index contributed by atoms with van der Waals surface area (Å²) in [7, 11) is -0.607. The van der Waals surface area contributed by atoms with E-state index in [4.69, 9.17) is 4.98 Å². The molecule has 0 radical (unpaired) electrons. The lowest BCUT2D eigenvalue weighted by molar-refractivity contribution is 0.596. The molecule has 0 spiro atoms. The molecule has 2 aromatic heterocycles. The molecule has 3 heteroatoms. The van der Waals surface area contributed by atoms with Gasteiger partial charge in [-0.15, -0.1) is 11.3 Å². The summed E-state index contributed by atoms with van der Waals surface area (Å²) >= 11 is 1.90. The van der Waals surface area contributed by atoms with Crippen LogP contribution >= 0.6 is 21.4 Å². The summed E-state index contributed by atoms with van der Waals surface area (Å²) in [5, 5.41) is 7.94. The van der Waals surface area contributed by atoms with Crippen molar-refractivity contribution in [3.05, 3.63) is 90.1 Å². The molecule has 6 rings (SSSR count). The maximum absolute atomic E-state index is 4.96. The van der Waals surface area contributed by atoms with Gasteiger partial charge in [-0.25, -0.2) is 10.0 Å². The van der Waals surface area contributed by atoms with Gasteiger partial charge in [-0.2, -0.15) is 0 Å². The van der Waals surface area contributed by atoms with Crippen molar-refractivity contribution in [1.82, 2.24) is 4.98 Å². The monoisotopic (exact) mass is 507 g/mol. The van der Waals surface area contributed by atoms with Gasteiger partial charge in [-0.05, 0) is 81.1 Å². The van der Waals surface area contributed by atoms with Crippen molar-refractivity contribution in [3.8, 4) is 11.3 Å². The molecule has 0 aliphatic carbocycles. The van der Waals surface area contributed by atoms with Crippen LogP contribution in [0.15, 0.2) is 79.0 Å². The van der Waals surface area contributed by atoms with Crippen LogP contribution in [0.5, 0.6) is 0 Å². The number of aromatic nitrogens is 1. The Morgan fingerprint density at radius 2 is 1.47 bits per heavy atom. The minimum atomic E-state index is -0.607. The van der Waals surface area contributed by atoms with E-state index in [1.165, 1.54) is 58.4 Å². The topological polar surface area (TPSA) is 12.9 Å². The van der Waals surface area contributed by atoms with Gasteiger partial charge >= 0.3 is 0 Å². The zero-order chi connectivity index (χ0) is 25.2. The van der Waals surface area contributed by atoms with Crippen LogP contribution in [0.1, 0.15) is 31.9 Å². The normalized spacial score (nSPS) is 13.3. The molecule has 0 saturated heterocycles.